The van der Waals surface area contributed by atoms with E-state index in [-0.39, 0.29) is 18.7 Å². The lowest BCUT2D eigenvalue weighted by molar-refractivity contribution is 0.174. The summed E-state index contributed by atoms with van der Waals surface area (Å²) in [5.74, 6) is 0.402. The topological polar surface area (TPSA) is 89.3 Å². The molecule has 0 saturated heterocycles. The number of rotatable bonds is 4. The van der Waals surface area contributed by atoms with E-state index in [2.05, 4.69) is 20.8 Å². The highest BCUT2D eigenvalue weighted by atomic mass is 16.5. The number of ether oxygens (including phenoxy) is 1. The standard InChI is InChI=1S/C8H12N4O3/c1-14-4-6-10-8(15-12-6)11-7(13)9-5-2-3-5/h5H,2-4H2,1H3,(H2,9,10,11,12,13). The monoisotopic (exact) mass is 212 g/mol. The van der Waals surface area contributed by atoms with Gasteiger partial charge in [0.05, 0.1) is 0 Å². The predicted molar refractivity (Wildman–Crippen MR) is 50.2 cm³/mol. The van der Waals surface area contributed by atoms with E-state index in [9.17, 15) is 4.79 Å². The van der Waals surface area contributed by atoms with Gasteiger partial charge in [-0.2, -0.15) is 4.98 Å². The zero-order chi connectivity index (χ0) is 10.7. The molecule has 0 unspecified atom stereocenters. The highest BCUT2D eigenvalue weighted by Crippen LogP contribution is 2.18. The van der Waals surface area contributed by atoms with E-state index in [4.69, 9.17) is 9.26 Å². The van der Waals surface area contributed by atoms with Gasteiger partial charge in [0.15, 0.2) is 5.82 Å². The highest BCUT2D eigenvalue weighted by molar-refractivity contribution is 5.87. The second-order valence-corrected chi connectivity index (χ2v) is 3.32. The van der Waals surface area contributed by atoms with Crippen LogP contribution in [-0.2, 0) is 11.3 Å². The van der Waals surface area contributed by atoms with Crippen molar-refractivity contribution in [3.05, 3.63) is 5.82 Å². The summed E-state index contributed by atoms with van der Waals surface area (Å²) in [6, 6.07) is 0.0664. The number of nitrogens with one attached hydrogen (secondary N) is 2. The maximum Gasteiger partial charge on any atom is 0.329 e. The molecule has 1 aromatic rings. The van der Waals surface area contributed by atoms with Gasteiger partial charge in [-0.3, -0.25) is 5.32 Å². The van der Waals surface area contributed by atoms with E-state index in [0.717, 1.165) is 12.8 Å². The summed E-state index contributed by atoms with van der Waals surface area (Å²) in [6.07, 6.45) is 2.07. The first-order chi connectivity index (χ1) is 7.28. The molecule has 0 radical (unpaired) electrons. The Bertz CT molecular complexity index is 347. The molecular weight excluding hydrogens is 200 g/mol. The van der Waals surface area contributed by atoms with Crippen molar-refractivity contribution >= 4 is 12.0 Å². The van der Waals surface area contributed by atoms with Crippen LogP contribution in [0.4, 0.5) is 10.8 Å². The molecule has 0 bridgehead atoms. The van der Waals surface area contributed by atoms with E-state index >= 15 is 0 Å². The maximum absolute atomic E-state index is 11.2. The second-order valence-electron chi connectivity index (χ2n) is 3.32. The van der Waals surface area contributed by atoms with Crippen LogP contribution < -0.4 is 10.6 Å². The number of amides is 2. The minimum Gasteiger partial charge on any atom is -0.377 e. The van der Waals surface area contributed by atoms with Gasteiger partial charge in [0.1, 0.15) is 6.61 Å². The van der Waals surface area contributed by atoms with Crippen LogP contribution in [0.25, 0.3) is 0 Å². The highest BCUT2D eigenvalue weighted by Gasteiger charge is 2.23. The Kier molecular flexibility index (Phi) is 2.82. The van der Waals surface area contributed by atoms with Gasteiger partial charge < -0.3 is 14.6 Å². The molecule has 1 aliphatic rings. The summed E-state index contributed by atoms with van der Waals surface area (Å²) in [4.78, 5) is 15.1. The lowest BCUT2D eigenvalue weighted by Gasteiger charge is -2.00. The third kappa shape index (κ3) is 2.91. The molecule has 7 nitrogen and oxygen atoms in total. The number of aromatic nitrogens is 2. The van der Waals surface area contributed by atoms with Crippen LogP contribution in [0, 0.1) is 0 Å². The van der Waals surface area contributed by atoms with Crippen LogP contribution in [0.3, 0.4) is 0 Å². The SMILES string of the molecule is COCc1noc(NC(=O)NC2CC2)n1. The Balaban J connectivity index is 1.83. The normalized spacial score (nSPS) is 15.0. The van der Waals surface area contributed by atoms with E-state index in [1.54, 1.807) is 0 Å². The van der Waals surface area contributed by atoms with Gasteiger partial charge >= 0.3 is 12.0 Å². The third-order valence-electron chi connectivity index (χ3n) is 1.87. The fourth-order valence-electron chi connectivity index (χ4n) is 1.04. The first-order valence-electron chi connectivity index (χ1n) is 4.67. The van der Waals surface area contributed by atoms with Gasteiger partial charge in [-0.1, -0.05) is 5.16 Å². The minimum absolute atomic E-state index is 0.0835. The largest absolute Gasteiger partial charge is 0.377 e. The van der Waals surface area contributed by atoms with Crippen molar-refractivity contribution in [3.63, 3.8) is 0 Å². The number of anilines is 1. The summed E-state index contributed by atoms with van der Waals surface area (Å²) in [5, 5.41) is 8.78. The zero-order valence-electron chi connectivity index (χ0n) is 8.32. The molecule has 1 saturated carbocycles. The molecule has 1 aromatic heterocycles. The molecule has 1 heterocycles. The van der Waals surface area contributed by atoms with Crippen molar-refractivity contribution in [2.45, 2.75) is 25.5 Å². The molecule has 0 aliphatic heterocycles. The average molecular weight is 212 g/mol. The van der Waals surface area contributed by atoms with Crippen molar-refractivity contribution in [3.8, 4) is 0 Å². The molecule has 1 fully saturated rings. The van der Waals surface area contributed by atoms with Crippen LogP contribution in [0.15, 0.2) is 4.52 Å². The summed E-state index contributed by atoms with van der Waals surface area (Å²) < 4.78 is 9.58. The predicted octanol–water partition coefficient (Wildman–Crippen LogP) is 0.500. The summed E-state index contributed by atoms with van der Waals surface area (Å²) in [5.41, 5.74) is 0. The number of urea groups is 1. The van der Waals surface area contributed by atoms with Crippen LogP contribution in [0.1, 0.15) is 18.7 Å². The maximum atomic E-state index is 11.2. The number of carbonyl (C=O) groups is 1. The lowest BCUT2D eigenvalue weighted by atomic mass is 10.7. The van der Waals surface area contributed by atoms with Gasteiger partial charge in [-0.05, 0) is 12.8 Å². The van der Waals surface area contributed by atoms with Crippen molar-refractivity contribution in [1.29, 1.82) is 0 Å². The van der Waals surface area contributed by atoms with E-state index in [1.807, 2.05) is 0 Å². The third-order valence-corrected chi connectivity index (χ3v) is 1.87. The smallest absolute Gasteiger partial charge is 0.329 e. The summed E-state index contributed by atoms with van der Waals surface area (Å²) in [6.45, 7) is 0.259. The number of hydrogen-bond donors (Lipinski definition) is 2. The Morgan fingerprint density at radius 2 is 2.47 bits per heavy atom. The Morgan fingerprint density at radius 3 is 3.13 bits per heavy atom. The van der Waals surface area contributed by atoms with Crippen LogP contribution >= 0.6 is 0 Å². The molecule has 2 N–H and O–H groups in total. The number of hydrogen-bond acceptors (Lipinski definition) is 5. The second kappa shape index (κ2) is 4.26. The summed E-state index contributed by atoms with van der Waals surface area (Å²) in [7, 11) is 1.53. The van der Waals surface area contributed by atoms with Crippen molar-refractivity contribution in [2.75, 3.05) is 12.4 Å². The van der Waals surface area contributed by atoms with Gasteiger partial charge in [-0.15, -0.1) is 0 Å². The summed E-state index contributed by atoms with van der Waals surface area (Å²) >= 11 is 0. The molecule has 1 aliphatic carbocycles. The van der Waals surface area contributed by atoms with E-state index in [1.165, 1.54) is 7.11 Å². The van der Waals surface area contributed by atoms with Crippen molar-refractivity contribution < 1.29 is 14.1 Å². The molecule has 2 rings (SSSR count). The fourth-order valence-corrected chi connectivity index (χ4v) is 1.04. The van der Waals surface area contributed by atoms with Crippen LogP contribution in [0.5, 0.6) is 0 Å². The lowest BCUT2D eigenvalue weighted by Crippen LogP contribution is -2.30. The first kappa shape index (κ1) is 9.91. The van der Waals surface area contributed by atoms with Gasteiger partial charge in [0.25, 0.3) is 0 Å². The number of nitrogens with zero attached hydrogens (tertiary/aromatic N) is 2. The van der Waals surface area contributed by atoms with Crippen molar-refractivity contribution in [2.24, 2.45) is 0 Å². The molecule has 15 heavy (non-hydrogen) atoms. The molecule has 2 amide bonds. The van der Waals surface area contributed by atoms with Gasteiger partial charge in [-0.25, -0.2) is 4.79 Å². The quantitative estimate of drug-likeness (QED) is 0.758. The number of methoxy groups -OCH3 is 1. The van der Waals surface area contributed by atoms with Crippen LogP contribution in [-0.4, -0.2) is 29.3 Å². The Labute approximate surface area is 86.2 Å². The molecule has 82 valence electrons. The average Bonchev–Trinajstić information content (AvgIpc) is 2.88. The number of carbonyl (C=O) groups excluding carboxylic acids is 1. The van der Waals surface area contributed by atoms with Crippen molar-refractivity contribution in [1.82, 2.24) is 15.5 Å². The zero-order valence-corrected chi connectivity index (χ0v) is 8.32. The molecule has 0 atom stereocenters. The molecule has 0 aromatic carbocycles. The van der Waals surface area contributed by atoms with E-state index in [0.29, 0.717) is 11.9 Å². The van der Waals surface area contributed by atoms with E-state index < -0.39 is 0 Å². The molecule has 0 spiro atoms. The van der Waals surface area contributed by atoms with Gasteiger partial charge in [0.2, 0.25) is 0 Å². The fraction of sp³-hybridized carbons (Fsp3) is 0.625. The molecular formula is C8H12N4O3. The first-order valence-corrected chi connectivity index (χ1v) is 4.67. The van der Waals surface area contributed by atoms with Gasteiger partial charge in [0, 0.05) is 13.2 Å². The minimum atomic E-state index is -0.315. The Morgan fingerprint density at radius 1 is 1.67 bits per heavy atom. The van der Waals surface area contributed by atoms with Crippen LogP contribution in [0.2, 0.25) is 0 Å². The molecule has 7 heteroatoms. The Hall–Kier alpha value is -1.63.